The standard InChI is InChI=1S/C16H16Cl2N2O/c1-10(13-4-2-3-5-14(13)17)20-9-12-7-6-11(16(19)21)8-15(12)18/h2-8,10,20H,9H2,1H3,(H2,19,21)/t10-/m1/s1. The number of carbonyl (C=O) groups excluding carboxylic acids is 1. The van der Waals surface area contributed by atoms with Crippen LogP contribution in [0.25, 0.3) is 0 Å². The first kappa shape index (κ1) is 15.8. The molecule has 2 aromatic rings. The topological polar surface area (TPSA) is 55.1 Å². The molecule has 0 saturated heterocycles. The Kier molecular flexibility index (Phi) is 5.23. The lowest BCUT2D eigenvalue weighted by molar-refractivity contribution is 0.100. The normalized spacial score (nSPS) is 12.1. The zero-order valence-corrected chi connectivity index (χ0v) is 13.1. The summed E-state index contributed by atoms with van der Waals surface area (Å²) in [5, 5.41) is 4.61. The highest BCUT2D eigenvalue weighted by atomic mass is 35.5. The van der Waals surface area contributed by atoms with Crippen LogP contribution in [0.15, 0.2) is 42.5 Å². The molecule has 2 rings (SSSR count). The first-order chi connectivity index (χ1) is 9.99. The fraction of sp³-hybridized carbons (Fsp3) is 0.188. The number of hydrogen-bond acceptors (Lipinski definition) is 2. The second-order valence-electron chi connectivity index (χ2n) is 4.79. The van der Waals surface area contributed by atoms with Crippen LogP contribution in [0.5, 0.6) is 0 Å². The molecule has 3 N–H and O–H groups in total. The van der Waals surface area contributed by atoms with Crippen LogP contribution in [0, 0.1) is 0 Å². The van der Waals surface area contributed by atoms with E-state index in [1.54, 1.807) is 18.2 Å². The molecule has 0 aromatic heterocycles. The van der Waals surface area contributed by atoms with Gasteiger partial charge >= 0.3 is 0 Å². The van der Waals surface area contributed by atoms with Gasteiger partial charge in [-0.15, -0.1) is 0 Å². The third-order valence-corrected chi connectivity index (χ3v) is 4.00. The Morgan fingerprint density at radius 2 is 1.90 bits per heavy atom. The van der Waals surface area contributed by atoms with Crippen LogP contribution in [0.1, 0.15) is 34.5 Å². The number of halogens is 2. The van der Waals surface area contributed by atoms with E-state index in [1.165, 1.54) is 0 Å². The van der Waals surface area contributed by atoms with Crippen molar-refractivity contribution in [3.8, 4) is 0 Å². The average Bonchev–Trinajstić information content (AvgIpc) is 2.46. The summed E-state index contributed by atoms with van der Waals surface area (Å²) in [5.41, 5.74) is 7.56. The monoisotopic (exact) mass is 322 g/mol. The lowest BCUT2D eigenvalue weighted by Gasteiger charge is -2.16. The predicted octanol–water partition coefficient (Wildman–Crippen LogP) is 3.94. The number of carbonyl (C=O) groups is 1. The molecule has 0 bridgehead atoms. The molecule has 0 aliphatic heterocycles. The van der Waals surface area contributed by atoms with Gasteiger partial charge in [0.1, 0.15) is 0 Å². The molecule has 0 saturated carbocycles. The van der Waals surface area contributed by atoms with Crippen molar-refractivity contribution < 1.29 is 4.79 Å². The quantitative estimate of drug-likeness (QED) is 0.875. The highest BCUT2D eigenvalue weighted by molar-refractivity contribution is 6.32. The lowest BCUT2D eigenvalue weighted by Crippen LogP contribution is -2.19. The van der Waals surface area contributed by atoms with Gasteiger partial charge in [-0.05, 0) is 36.2 Å². The zero-order valence-electron chi connectivity index (χ0n) is 11.6. The Hall–Kier alpha value is -1.55. The van der Waals surface area contributed by atoms with Crippen molar-refractivity contribution in [2.45, 2.75) is 19.5 Å². The number of nitrogens with one attached hydrogen (secondary N) is 1. The second kappa shape index (κ2) is 6.94. The van der Waals surface area contributed by atoms with Crippen molar-refractivity contribution in [3.63, 3.8) is 0 Å². The van der Waals surface area contributed by atoms with Gasteiger partial charge in [0.05, 0.1) is 0 Å². The SMILES string of the molecule is C[C@@H](NCc1ccc(C(N)=O)cc1Cl)c1ccccc1Cl. The van der Waals surface area contributed by atoms with Crippen LogP contribution in [0.2, 0.25) is 10.0 Å². The molecule has 1 atom stereocenters. The summed E-state index contributed by atoms with van der Waals surface area (Å²) in [4.78, 5) is 11.1. The van der Waals surface area contributed by atoms with Gasteiger partial charge in [-0.2, -0.15) is 0 Å². The van der Waals surface area contributed by atoms with Gasteiger partial charge in [0.15, 0.2) is 0 Å². The summed E-state index contributed by atoms with van der Waals surface area (Å²) in [6, 6.07) is 12.8. The number of nitrogens with two attached hydrogens (primary N) is 1. The van der Waals surface area contributed by atoms with Crippen LogP contribution >= 0.6 is 23.2 Å². The largest absolute Gasteiger partial charge is 0.366 e. The Bertz CT molecular complexity index is 658. The molecule has 2 aromatic carbocycles. The van der Waals surface area contributed by atoms with Gasteiger partial charge in [0.25, 0.3) is 0 Å². The van der Waals surface area contributed by atoms with E-state index in [-0.39, 0.29) is 6.04 Å². The molecule has 0 aliphatic rings. The van der Waals surface area contributed by atoms with Crippen molar-refractivity contribution >= 4 is 29.1 Å². The molecule has 21 heavy (non-hydrogen) atoms. The van der Waals surface area contributed by atoms with Crippen molar-refractivity contribution in [2.24, 2.45) is 5.73 Å². The Balaban J connectivity index is 2.06. The van der Waals surface area contributed by atoms with Crippen molar-refractivity contribution in [1.29, 1.82) is 0 Å². The van der Waals surface area contributed by atoms with Crippen molar-refractivity contribution in [3.05, 3.63) is 69.2 Å². The molecule has 5 heteroatoms. The average molecular weight is 323 g/mol. The zero-order chi connectivity index (χ0) is 15.4. The maximum Gasteiger partial charge on any atom is 0.248 e. The van der Waals surface area contributed by atoms with E-state index in [0.717, 1.165) is 16.1 Å². The molecular weight excluding hydrogens is 307 g/mol. The minimum absolute atomic E-state index is 0.0885. The van der Waals surface area contributed by atoms with Crippen LogP contribution in [-0.4, -0.2) is 5.91 Å². The summed E-state index contributed by atoms with van der Waals surface area (Å²) in [6.07, 6.45) is 0. The van der Waals surface area contributed by atoms with E-state index >= 15 is 0 Å². The number of amides is 1. The van der Waals surface area contributed by atoms with Gasteiger partial charge in [-0.3, -0.25) is 4.79 Å². The third kappa shape index (κ3) is 3.97. The Labute approximate surface area is 134 Å². The fourth-order valence-electron chi connectivity index (χ4n) is 2.04. The van der Waals surface area contributed by atoms with Gasteiger partial charge < -0.3 is 11.1 Å². The van der Waals surface area contributed by atoms with Crippen molar-refractivity contribution in [2.75, 3.05) is 0 Å². The van der Waals surface area contributed by atoms with Crippen LogP contribution in [0.4, 0.5) is 0 Å². The van der Waals surface area contributed by atoms with Crippen molar-refractivity contribution in [1.82, 2.24) is 5.32 Å². The maximum atomic E-state index is 11.1. The molecule has 0 aliphatic carbocycles. The summed E-state index contributed by atoms with van der Waals surface area (Å²) in [7, 11) is 0. The molecule has 1 amide bonds. The summed E-state index contributed by atoms with van der Waals surface area (Å²) in [6.45, 7) is 2.61. The molecule has 110 valence electrons. The molecule has 3 nitrogen and oxygen atoms in total. The smallest absolute Gasteiger partial charge is 0.248 e. The van der Waals surface area contributed by atoms with E-state index in [2.05, 4.69) is 5.32 Å². The van der Waals surface area contributed by atoms with Crippen LogP contribution in [-0.2, 0) is 6.54 Å². The Morgan fingerprint density at radius 1 is 1.19 bits per heavy atom. The first-order valence-corrected chi connectivity index (χ1v) is 7.30. The third-order valence-electron chi connectivity index (χ3n) is 3.31. The highest BCUT2D eigenvalue weighted by Gasteiger charge is 2.10. The minimum atomic E-state index is -0.485. The molecule has 0 heterocycles. The predicted molar refractivity (Wildman–Crippen MR) is 86.7 cm³/mol. The summed E-state index contributed by atoms with van der Waals surface area (Å²) < 4.78 is 0. The van der Waals surface area contributed by atoms with Gasteiger partial charge in [0.2, 0.25) is 5.91 Å². The fourth-order valence-corrected chi connectivity index (χ4v) is 2.59. The number of rotatable bonds is 5. The van der Waals surface area contributed by atoms with E-state index < -0.39 is 5.91 Å². The van der Waals surface area contributed by atoms with Gasteiger partial charge in [0, 0.05) is 28.2 Å². The van der Waals surface area contributed by atoms with Gasteiger partial charge in [-0.25, -0.2) is 0 Å². The number of hydrogen-bond donors (Lipinski definition) is 2. The van der Waals surface area contributed by atoms with E-state index in [4.69, 9.17) is 28.9 Å². The summed E-state index contributed by atoms with van der Waals surface area (Å²) >= 11 is 12.3. The molecule has 0 fully saturated rings. The first-order valence-electron chi connectivity index (χ1n) is 6.55. The Morgan fingerprint density at radius 3 is 2.52 bits per heavy atom. The van der Waals surface area contributed by atoms with Crippen LogP contribution in [0.3, 0.4) is 0 Å². The van der Waals surface area contributed by atoms with E-state index in [1.807, 2.05) is 31.2 Å². The van der Waals surface area contributed by atoms with Gasteiger partial charge in [-0.1, -0.05) is 47.5 Å². The number of primary amides is 1. The maximum absolute atomic E-state index is 11.1. The number of benzene rings is 2. The van der Waals surface area contributed by atoms with E-state index in [9.17, 15) is 4.79 Å². The minimum Gasteiger partial charge on any atom is -0.366 e. The highest BCUT2D eigenvalue weighted by Crippen LogP contribution is 2.23. The second-order valence-corrected chi connectivity index (χ2v) is 5.61. The van der Waals surface area contributed by atoms with Crippen LogP contribution < -0.4 is 11.1 Å². The molecule has 0 spiro atoms. The molecule has 0 radical (unpaired) electrons. The molecule has 0 unspecified atom stereocenters. The molecular formula is C16H16Cl2N2O. The summed E-state index contributed by atoms with van der Waals surface area (Å²) in [5.74, 6) is -0.485. The lowest BCUT2D eigenvalue weighted by atomic mass is 10.1. The van der Waals surface area contributed by atoms with E-state index in [0.29, 0.717) is 17.1 Å².